The first-order valence-corrected chi connectivity index (χ1v) is 9.01. The maximum atomic E-state index is 12.7. The number of nitrogens with zero attached hydrogens (tertiary/aromatic N) is 4. The predicted octanol–water partition coefficient (Wildman–Crippen LogP) is 3.18. The molecular weight excluding hydrogens is 373 g/mol. The van der Waals surface area contributed by atoms with Gasteiger partial charge in [-0.05, 0) is 30.7 Å². The molecule has 2 aromatic heterocycles. The molecule has 0 saturated carbocycles. The van der Waals surface area contributed by atoms with Crippen LogP contribution in [0, 0.1) is 0 Å². The Morgan fingerprint density at radius 2 is 1.86 bits per heavy atom. The van der Waals surface area contributed by atoms with Crippen molar-refractivity contribution >= 4 is 16.9 Å². The molecule has 0 spiro atoms. The number of pyridine rings is 1. The van der Waals surface area contributed by atoms with Gasteiger partial charge >= 0.3 is 11.9 Å². The minimum atomic E-state index is -4.39. The number of aromatic nitrogens is 2. The molecule has 0 unspecified atom stereocenters. The highest BCUT2D eigenvalue weighted by molar-refractivity contribution is 5.72. The maximum absolute atomic E-state index is 12.7. The van der Waals surface area contributed by atoms with Crippen LogP contribution in [0.3, 0.4) is 0 Å². The molecule has 1 fully saturated rings. The van der Waals surface area contributed by atoms with E-state index in [0.29, 0.717) is 37.7 Å². The summed E-state index contributed by atoms with van der Waals surface area (Å²) in [6.07, 6.45) is -2.70. The summed E-state index contributed by atoms with van der Waals surface area (Å²) in [6.45, 7) is 3.14. The molecule has 3 aromatic rings. The number of para-hydroxylation sites is 2. The summed E-state index contributed by atoms with van der Waals surface area (Å²) in [7, 11) is 0. The Balaban J connectivity index is 1.45. The molecule has 0 amide bonds. The van der Waals surface area contributed by atoms with E-state index in [0.717, 1.165) is 30.7 Å². The number of hydrogen-bond acceptors (Lipinski definition) is 5. The van der Waals surface area contributed by atoms with Gasteiger partial charge in [-0.1, -0.05) is 12.1 Å². The van der Waals surface area contributed by atoms with E-state index >= 15 is 0 Å². The first kappa shape index (κ1) is 18.5. The van der Waals surface area contributed by atoms with Gasteiger partial charge in [0.15, 0.2) is 5.58 Å². The van der Waals surface area contributed by atoms with E-state index in [9.17, 15) is 18.0 Å². The van der Waals surface area contributed by atoms with E-state index in [1.807, 2.05) is 23.1 Å². The molecule has 9 heteroatoms. The molecular formula is C19H19F3N4O2. The van der Waals surface area contributed by atoms with E-state index in [2.05, 4.69) is 9.88 Å². The maximum Gasteiger partial charge on any atom is 0.421 e. The molecule has 1 aliphatic heterocycles. The molecule has 0 N–H and O–H groups in total. The topological polar surface area (TPSA) is 54.5 Å². The smallest absolute Gasteiger partial charge is 0.408 e. The van der Waals surface area contributed by atoms with Crippen LogP contribution in [0.2, 0.25) is 0 Å². The van der Waals surface area contributed by atoms with Crippen LogP contribution >= 0.6 is 0 Å². The number of anilines is 1. The zero-order chi connectivity index (χ0) is 19.7. The van der Waals surface area contributed by atoms with E-state index < -0.39 is 17.5 Å². The van der Waals surface area contributed by atoms with E-state index in [1.165, 1.54) is 6.07 Å². The largest absolute Gasteiger partial charge is 0.421 e. The van der Waals surface area contributed by atoms with Crippen molar-refractivity contribution < 1.29 is 17.6 Å². The van der Waals surface area contributed by atoms with Gasteiger partial charge in [-0.25, -0.2) is 9.78 Å². The van der Waals surface area contributed by atoms with Gasteiger partial charge in [0.1, 0.15) is 5.82 Å². The van der Waals surface area contributed by atoms with Crippen LogP contribution in [0.4, 0.5) is 19.0 Å². The van der Waals surface area contributed by atoms with Crippen molar-refractivity contribution in [3.8, 4) is 0 Å². The lowest BCUT2D eigenvalue weighted by molar-refractivity contribution is -0.137. The Bertz CT molecular complexity index is 1010. The van der Waals surface area contributed by atoms with Crippen LogP contribution in [-0.4, -0.2) is 40.6 Å². The molecule has 28 heavy (non-hydrogen) atoms. The quantitative estimate of drug-likeness (QED) is 0.685. The summed E-state index contributed by atoms with van der Waals surface area (Å²) in [5.41, 5.74) is 0.551. The molecule has 0 bridgehead atoms. The Labute approximate surface area is 158 Å². The molecule has 1 saturated heterocycles. The molecule has 6 nitrogen and oxygen atoms in total. The standard InChI is InChI=1S/C19H19F3N4O2/c20-19(21,22)14-6-7-17(23-12-14)25-9-3-8-24(10-11-25)13-26-15-4-1-2-5-16(15)28-18(26)27/h1-2,4-7,12H,3,8-11,13H2. The number of alkyl halides is 3. The molecule has 0 radical (unpaired) electrons. The average Bonchev–Trinajstić information content (AvgIpc) is 2.83. The van der Waals surface area contributed by atoms with Gasteiger partial charge in [-0.15, -0.1) is 0 Å². The van der Waals surface area contributed by atoms with Crippen LogP contribution in [-0.2, 0) is 12.8 Å². The van der Waals surface area contributed by atoms with Gasteiger partial charge in [-0.2, -0.15) is 13.2 Å². The van der Waals surface area contributed by atoms with Gasteiger partial charge in [0, 0.05) is 32.4 Å². The molecule has 0 atom stereocenters. The third-order valence-corrected chi connectivity index (χ3v) is 4.90. The summed E-state index contributed by atoms with van der Waals surface area (Å²) < 4.78 is 45.0. The van der Waals surface area contributed by atoms with Gasteiger partial charge in [0.25, 0.3) is 0 Å². The lowest BCUT2D eigenvalue weighted by Crippen LogP contribution is -2.34. The molecule has 1 aromatic carbocycles. The SMILES string of the molecule is O=c1oc2ccccc2n1CN1CCCN(c2ccc(C(F)(F)F)cn2)CC1. The average molecular weight is 392 g/mol. The van der Waals surface area contributed by atoms with Gasteiger partial charge in [-0.3, -0.25) is 9.47 Å². The normalized spacial score (nSPS) is 16.5. The Morgan fingerprint density at radius 1 is 1.04 bits per heavy atom. The lowest BCUT2D eigenvalue weighted by atomic mass is 10.2. The van der Waals surface area contributed by atoms with Gasteiger partial charge in [0.05, 0.1) is 17.7 Å². The highest BCUT2D eigenvalue weighted by atomic mass is 19.4. The van der Waals surface area contributed by atoms with Crippen LogP contribution in [0.5, 0.6) is 0 Å². The van der Waals surface area contributed by atoms with Crippen molar-refractivity contribution in [2.75, 3.05) is 31.1 Å². The van der Waals surface area contributed by atoms with Crippen molar-refractivity contribution in [1.82, 2.24) is 14.5 Å². The molecule has 3 heterocycles. The number of halogens is 3. The van der Waals surface area contributed by atoms with Crippen LogP contribution in [0.1, 0.15) is 12.0 Å². The van der Waals surface area contributed by atoms with E-state index in [-0.39, 0.29) is 0 Å². The second kappa shape index (κ2) is 7.31. The molecule has 0 aliphatic carbocycles. The fraction of sp³-hybridized carbons (Fsp3) is 0.368. The van der Waals surface area contributed by atoms with Gasteiger partial charge in [0.2, 0.25) is 0 Å². The van der Waals surface area contributed by atoms with E-state index in [4.69, 9.17) is 4.42 Å². The third kappa shape index (κ3) is 3.75. The Morgan fingerprint density at radius 3 is 2.61 bits per heavy atom. The van der Waals surface area contributed by atoms with Crippen LogP contribution < -0.4 is 10.7 Å². The number of hydrogen-bond donors (Lipinski definition) is 0. The van der Waals surface area contributed by atoms with Crippen LogP contribution in [0.25, 0.3) is 11.1 Å². The van der Waals surface area contributed by atoms with Crippen molar-refractivity contribution in [3.63, 3.8) is 0 Å². The predicted molar refractivity (Wildman–Crippen MR) is 98.1 cm³/mol. The summed E-state index contributed by atoms with van der Waals surface area (Å²) >= 11 is 0. The van der Waals surface area contributed by atoms with E-state index in [1.54, 1.807) is 10.6 Å². The monoisotopic (exact) mass is 392 g/mol. The van der Waals surface area contributed by atoms with Crippen molar-refractivity contribution in [1.29, 1.82) is 0 Å². The summed E-state index contributed by atoms with van der Waals surface area (Å²) in [5.74, 6) is 0.132. The fourth-order valence-corrected chi connectivity index (χ4v) is 3.43. The first-order valence-electron chi connectivity index (χ1n) is 9.01. The Hall–Kier alpha value is -2.81. The molecule has 4 rings (SSSR count). The number of fused-ring (bicyclic) bond motifs is 1. The second-order valence-electron chi connectivity index (χ2n) is 6.77. The fourth-order valence-electron chi connectivity index (χ4n) is 3.43. The first-order chi connectivity index (χ1) is 13.4. The Kier molecular flexibility index (Phi) is 4.84. The van der Waals surface area contributed by atoms with Crippen molar-refractivity contribution in [3.05, 3.63) is 58.7 Å². The van der Waals surface area contributed by atoms with Crippen LogP contribution in [0.15, 0.2) is 51.8 Å². The zero-order valence-electron chi connectivity index (χ0n) is 15.0. The van der Waals surface area contributed by atoms with Crippen molar-refractivity contribution in [2.24, 2.45) is 0 Å². The number of benzene rings is 1. The minimum absolute atomic E-state index is 0.397. The zero-order valence-corrected chi connectivity index (χ0v) is 15.0. The highest BCUT2D eigenvalue weighted by Gasteiger charge is 2.31. The minimum Gasteiger partial charge on any atom is -0.408 e. The number of oxazole rings is 1. The summed E-state index contributed by atoms with van der Waals surface area (Å²) in [6, 6.07) is 9.74. The summed E-state index contributed by atoms with van der Waals surface area (Å²) in [4.78, 5) is 20.2. The summed E-state index contributed by atoms with van der Waals surface area (Å²) in [5, 5.41) is 0. The van der Waals surface area contributed by atoms with Crippen molar-refractivity contribution in [2.45, 2.75) is 19.3 Å². The molecule has 148 valence electrons. The lowest BCUT2D eigenvalue weighted by Gasteiger charge is -2.23. The second-order valence-corrected chi connectivity index (χ2v) is 6.77. The highest BCUT2D eigenvalue weighted by Crippen LogP contribution is 2.29. The third-order valence-electron chi connectivity index (χ3n) is 4.90. The number of rotatable bonds is 3. The van der Waals surface area contributed by atoms with Gasteiger partial charge < -0.3 is 9.32 Å². The molecule has 1 aliphatic rings.